The summed E-state index contributed by atoms with van der Waals surface area (Å²) in [5, 5.41) is 6.18. The highest BCUT2D eigenvalue weighted by Crippen LogP contribution is 2.46. The van der Waals surface area contributed by atoms with Crippen molar-refractivity contribution in [3.8, 4) is 0 Å². The van der Waals surface area contributed by atoms with Crippen LogP contribution in [0.5, 0.6) is 0 Å². The van der Waals surface area contributed by atoms with E-state index in [0.717, 1.165) is 25.7 Å². The van der Waals surface area contributed by atoms with Crippen LogP contribution in [0.1, 0.15) is 37.1 Å². The topological polar surface area (TPSA) is 116 Å². The first-order valence-electron chi connectivity index (χ1n) is 10.9. The van der Waals surface area contributed by atoms with Crippen molar-refractivity contribution in [2.24, 2.45) is 5.73 Å². The molecule has 0 unspecified atom stereocenters. The number of nitrogens with zero attached hydrogens (tertiary/aromatic N) is 4. The summed E-state index contributed by atoms with van der Waals surface area (Å²) in [6, 6.07) is 10.4. The van der Waals surface area contributed by atoms with Gasteiger partial charge in [0.05, 0.1) is 24.8 Å². The van der Waals surface area contributed by atoms with E-state index in [4.69, 9.17) is 5.73 Å². The van der Waals surface area contributed by atoms with E-state index < -0.39 is 5.91 Å². The van der Waals surface area contributed by atoms with Gasteiger partial charge in [0.1, 0.15) is 11.5 Å². The van der Waals surface area contributed by atoms with E-state index in [1.165, 1.54) is 5.56 Å². The highest BCUT2D eigenvalue weighted by atomic mass is 16.2. The molecule has 2 heterocycles. The molecule has 1 saturated carbocycles. The predicted molar refractivity (Wildman–Crippen MR) is 123 cm³/mol. The van der Waals surface area contributed by atoms with Crippen molar-refractivity contribution in [2.75, 3.05) is 37.4 Å². The minimum Gasteiger partial charge on any atom is -0.368 e. The normalized spacial score (nSPS) is 25.2. The van der Waals surface area contributed by atoms with Crippen molar-refractivity contribution in [1.82, 2.24) is 20.2 Å². The maximum atomic E-state index is 13.0. The summed E-state index contributed by atoms with van der Waals surface area (Å²) >= 11 is 0. The Morgan fingerprint density at radius 3 is 2.53 bits per heavy atom. The fraction of sp³-hybridized carbons (Fsp3) is 0.478. The summed E-state index contributed by atoms with van der Waals surface area (Å²) in [4.78, 5) is 36.9. The van der Waals surface area contributed by atoms with Crippen molar-refractivity contribution < 1.29 is 9.59 Å². The van der Waals surface area contributed by atoms with Gasteiger partial charge in [0.25, 0.3) is 0 Å². The van der Waals surface area contributed by atoms with E-state index in [2.05, 4.69) is 63.9 Å². The first kappa shape index (κ1) is 22.0. The summed E-state index contributed by atoms with van der Waals surface area (Å²) in [6.07, 6.45) is 5.23. The molecular weight excluding hydrogens is 406 g/mol. The standard InChI is InChI=1S/C23H31N7O2/c1-16-25-13-18(20(27-16)26-14-19(24)31)30-15-22(28-21(30)32)9-11-23(12-10-22,29(2)3)17-7-5-4-6-8-17/h4-8,13H,9-12,14-15H2,1-3H3,(H2,24,31)(H,28,32)(H,25,26,27)/t22-,23-. The van der Waals surface area contributed by atoms with E-state index in [9.17, 15) is 9.59 Å². The number of rotatable bonds is 6. The third kappa shape index (κ3) is 4.00. The molecule has 1 aliphatic carbocycles. The average molecular weight is 438 g/mol. The first-order valence-corrected chi connectivity index (χ1v) is 10.9. The second kappa shape index (κ2) is 8.38. The number of benzene rings is 1. The van der Waals surface area contributed by atoms with Crippen LogP contribution in [0.4, 0.5) is 16.3 Å². The zero-order valence-corrected chi connectivity index (χ0v) is 18.9. The molecule has 1 aromatic heterocycles. The van der Waals surface area contributed by atoms with Gasteiger partial charge in [-0.25, -0.2) is 14.8 Å². The Balaban J connectivity index is 1.56. The van der Waals surface area contributed by atoms with Crippen molar-refractivity contribution in [3.05, 3.63) is 47.9 Å². The molecule has 9 heteroatoms. The molecule has 0 atom stereocenters. The van der Waals surface area contributed by atoms with Crippen LogP contribution in [0.25, 0.3) is 0 Å². The van der Waals surface area contributed by atoms with Gasteiger partial charge in [-0.15, -0.1) is 0 Å². The number of aromatic nitrogens is 2. The summed E-state index contributed by atoms with van der Waals surface area (Å²) in [7, 11) is 4.26. The number of anilines is 2. The van der Waals surface area contributed by atoms with Gasteiger partial charge in [-0.2, -0.15) is 0 Å². The third-order valence-corrected chi connectivity index (χ3v) is 6.89. The van der Waals surface area contributed by atoms with Crippen LogP contribution >= 0.6 is 0 Å². The molecule has 4 rings (SSSR count). The third-order valence-electron chi connectivity index (χ3n) is 6.89. The number of hydrogen-bond donors (Lipinski definition) is 3. The Bertz CT molecular complexity index is 1000. The number of amides is 3. The predicted octanol–water partition coefficient (Wildman–Crippen LogP) is 1.98. The molecule has 2 aliphatic rings. The van der Waals surface area contributed by atoms with E-state index in [-0.39, 0.29) is 23.7 Å². The molecule has 1 aromatic carbocycles. The van der Waals surface area contributed by atoms with E-state index in [1.54, 1.807) is 18.0 Å². The van der Waals surface area contributed by atoms with E-state index >= 15 is 0 Å². The smallest absolute Gasteiger partial charge is 0.322 e. The average Bonchev–Trinajstić information content (AvgIpc) is 3.09. The number of aryl methyl sites for hydroxylation is 1. The summed E-state index contributed by atoms with van der Waals surface area (Å²) in [5.41, 5.74) is 6.78. The van der Waals surface area contributed by atoms with Crippen molar-refractivity contribution in [3.63, 3.8) is 0 Å². The molecule has 0 radical (unpaired) electrons. The Morgan fingerprint density at radius 1 is 1.22 bits per heavy atom. The van der Waals surface area contributed by atoms with Gasteiger partial charge < -0.3 is 16.4 Å². The van der Waals surface area contributed by atoms with Gasteiger partial charge in [0, 0.05) is 5.54 Å². The molecule has 170 valence electrons. The number of carbonyl (C=O) groups is 2. The van der Waals surface area contributed by atoms with Crippen LogP contribution in [0, 0.1) is 6.92 Å². The highest BCUT2D eigenvalue weighted by Gasteiger charge is 2.50. The Hall–Kier alpha value is -3.20. The van der Waals surface area contributed by atoms with Gasteiger partial charge in [0.15, 0.2) is 5.82 Å². The Labute approximate surface area is 188 Å². The minimum absolute atomic E-state index is 0.0498. The van der Waals surface area contributed by atoms with E-state index in [0.29, 0.717) is 23.9 Å². The second-order valence-corrected chi connectivity index (χ2v) is 9.06. The van der Waals surface area contributed by atoms with Gasteiger partial charge in [-0.1, -0.05) is 30.3 Å². The number of hydrogen-bond acceptors (Lipinski definition) is 6. The molecule has 1 spiro atoms. The molecule has 0 bridgehead atoms. The zero-order chi connectivity index (χ0) is 22.9. The van der Waals surface area contributed by atoms with Crippen LogP contribution in [-0.2, 0) is 10.3 Å². The van der Waals surface area contributed by atoms with Gasteiger partial charge in [0.2, 0.25) is 5.91 Å². The molecule has 32 heavy (non-hydrogen) atoms. The first-order chi connectivity index (χ1) is 15.2. The highest BCUT2D eigenvalue weighted by molar-refractivity contribution is 5.98. The lowest BCUT2D eigenvalue weighted by atomic mass is 9.69. The molecule has 3 amide bonds. The van der Waals surface area contributed by atoms with Crippen LogP contribution in [0.3, 0.4) is 0 Å². The molecule has 2 aromatic rings. The molecular formula is C23H31N7O2. The molecule has 2 fully saturated rings. The maximum absolute atomic E-state index is 13.0. The van der Waals surface area contributed by atoms with Crippen LogP contribution < -0.4 is 21.3 Å². The maximum Gasteiger partial charge on any atom is 0.322 e. The van der Waals surface area contributed by atoms with Gasteiger partial charge >= 0.3 is 6.03 Å². The largest absolute Gasteiger partial charge is 0.368 e. The molecule has 9 nitrogen and oxygen atoms in total. The van der Waals surface area contributed by atoms with Crippen molar-refractivity contribution in [1.29, 1.82) is 0 Å². The van der Waals surface area contributed by atoms with Gasteiger partial charge in [-0.3, -0.25) is 14.6 Å². The fourth-order valence-electron chi connectivity index (χ4n) is 5.03. The zero-order valence-electron chi connectivity index (χ0n) is 18.9. The molecule has 4 N–H and O–H groups in total. The quantitative estimate of drug-likeness (QED) is 0.636. The number of urea groups is 1. The lowest BCUT2D eigenvalue weighted by Gasteiger charge is -2.48. The van der Waals surface area contributed by atoms with Crippen molar-refractivity contribution in [2.45, 2.75) is 43.7 Å². The van der Waals surface area contributed by atoms with Gasteiger partial charge in [-0.05, 0) is 52.3 Å². The monoisotopic (exact) mass is 437 g/mol. The summed E-state index contributed by atoms with van der Waals surface area (Å²) in [5.74, 6) is 0.486. The number of nitrogens with one attached hydrogen (secondary N) is 2. The fourth-order valence-corrected chi connectivity index (χ4v) is 5.03. The van der Waals surface area contributed by atoms with Crippen LogP contribution in [-0.4, -0.2) is 59.5 Å². The second-order valence-electron chi connectivity index (χ2n) is 9.06. The van der Waals surface area contributed by atoms with Crippen LogP contribution in [0.2, 0.25) is 0 Å². The van der Waals surface area contributed by atoms with Crippen molar-refractivity contribution >= 4 is 23.4 Å². The minimum atomic E-state index is -0.497. The number of nitrogens with two attached hydrogens (primary N) is 1. The van der Waals surface area contributed by atoms with E-state index in [1.807, 2.05) is 6.07 Å². The molecule has 1 saturated heterocycles. The number of carbonyl (C=O) groups excluding carboxylic acids is 2. The Kier molecular flexibility index (Phi) is 5.77. The SMILES string of the molecule is Cc1ncc(N2C[C@]3(CC[C@@](c4ccccc4)(N(C)C)CC3)NC2=O)c(NCC(N)=O)n1. The molecule has 1 aliphatic heterocycles. The summed E-state index contributed by atoms with van der Waals surface area (Å²) < 4.78 is 0. The Morgan fingerprint density at radius 2 is 1.91 bits per heavy atom. The summed E-state index contributed by atoms with van der Waals surface area (Å²) in [6.45, 7) is 2.23. The lowest BCUT2D eigenvalue weighted by Crippen LogP contribution is -2.54. The van der Waals surface area contributed by atoms with Crippen LogP contribution in [0.15, 0.2) is 36.5 Å². The lowest BCUT2D eigenvalue weighted by molar-refractivity contribution is -0.116. The number of primary amides is 1.